The average Bonchev–Trinajstić information content (AvgIpc) is 2.85. The summed E-state index contributed by atoms with van der Waals surface area (Å²) in [6.07, 6.45) is 8.27. The second kappa shape index (κ2) is 6.55. The van der Waals surface area contributed by atoms with E-state index in [4.69, 9.17) is 0 Å². The van der Waals surface area contributed by atoms with Gasteiger partial charge in [-0.15, -0.1) is 0 Å². The zero-order valence-corrected chi connectivity index (χ0v) is 17.1. The standard InChI is InChI=1S/C22H29FO3S/c1-12-8-16-15-5-4-13-9-14(24)6-7-21(13,2)19(15)17(25)10-22(16,3)18(12)20(26)27-11-23/h6-7,9,12,15-19,25H,4-5,8,10-11H2,1-3H3. The highest BCUT2D eigenvalue weighted by atomic mass is 32.2. The van der Waals surface area contributed by atoms with Crippen LogP contribution in [0.15, 0.2) is 23.8 Å². The summed E-state index contributed by atoms with van der Waals surface area (Å²) in [6, 6.07) is -0.678. The molecule has 148 valence electrons. The summed E-state index contributed by atoms with van der Waals surface area (Å²) < 4.78 is 12.8. The van der Waals surface area contributed by atoms with Crippen molar-refractivity contribution in [3.05, 3.63) is 23.8 Å². The van der Waals surface area contributed by atoms with Gasteiger partial charge in [0.1, 0.15) is 6.01 Å². The van der Waals surface area contributed by atoms with Crippen LogP contribution in [0.5, 0.6) is 0 Å². The number of halogens is 1. The largest absolute Gasteiger partial charge is 0.393 e. The fourth-order valence-electron chi connectivity index (χ4n) is 7.34. The Morgan fingerprint density at radius 2 is 2.15 bits per heavy atom. The van der Waals surface area contributed by atoms with E-state index in [0.717, 1.165) is 36.6 Å². The second-order valence-corrected chi connectivity index (χ2v) is 10.5. The van der Waals surface area contributed by atoms with Gasteiger partial charge < -0.3 is 5.11 Å². The van der Waals surface area contributed by atoms with Gasteiger partial charge in [0.2, 0.25) is 0 Å². The molecule has 4 aliphatic rings. The molecular weight excluding hydrogens is 363 g/mol. The van der Waals surface area contributed by atoms with E-state index in [-0.39, 0.29) is 39.5 Å². The van der Waals surface area contributed by atoms with E-state index in [1.165, 1.54) is 0 Å². The molecule has 1 N–H and O–H groups in total. The van der Waals surface area contributed by atoms with Crippen LogP contribution in [0.3, 0.4) is 0 Å². The highest BCUT2D eigenvalue weighted by Gasteiger charge is 2.64. The van der Waals surface area contributed by atoms with Crippen molar-refractivity contribution in [3.8, 4) is 0 Å². The lowest BCUT2D eigenvalue weighted by molar-refractivity contribution is -0.133. The Bertz CT molecular complexity index is 731. The minimum Gasteiger partial charge on any atom is -0.393 e. The predicted molar refractivity (Wildman–Crippen MR) is 105 cm³/mol. The zero-order valence-electron chi connectivity index (χ0n) is 16.3. The molecule has 0 spiro atoms. The summed E-state index contributed by atoms with van der Waals surface area (Å²) in [6.45, 7) is 6.42. The van der Waals surface area contributed by atoms with Crippen molar-refractivity contribution in [1.29, 1.82) is 0 Å². The summed E-state index contributed by atoms with van der Waals surface area (Å²) >= 11 is 0.790. The second-order valence-electron chi connectivity index (χ2n) is 9.56. The molecule has 8 atom stereocenters. The fraction of sp³-hybridized carbons (Fsp3) is 0.727. The molecule has 0 aliphatic heterocycles. The van der Waals surface area contributed by atoms with E-state index in [2.05, 4.69) is 20.8 Å². The molecule has 0 bridgehead atoms. The normalized spacial score (nSPS) is 48.5. The molecule has 3 fully saturated rings. The maximum absolute atomic E-state index is 12.8. The number of thioether (sulfide) groups is 1. The summed E-state index contributed by atoms with van der Waals surface area (Å²) in [5.74, 6) is 0.834. The summed E-state index contributed by atoms with van der Waals surface area (Å²) in [5.41, 5.74) is 0.590. The molecule has 0 aromatic heterocycles. The number of fused-ring (bicyclic) bond motifs is 5. The van der Waals surface area contributed by atoms with Crippen LogP contribution in [0.2, 0.25) is 0 Å². The fourth-order valence-corrected chi connectivity index (χ4v) is 8.13. The third-order valence-corrected chi connectivity index (χ3v) is 8.93. The maximum Gasteiger partial charge on any atom is 0.195 e. The van der Waals surface area contributed by atoms with Gasteiger partial charge in [-0.2, -0.15) is 0 Å². The van der Waals surface area contributed by atoms with Crippen molar-refractivity contribution < 1.29 is 19.1 Å². The van der Waals surface area contributed by atoms with E-state index >= 15 is 0 Å². The molecule has 3 saturated carbocycles. The van der Waals surface area contributed by atoms with Crippen molar-refractivity contribution >= 4 is 22.7 Å². The lowest BCUT2D eigenvalue weighted by atomic mass is 9.47. The molecular formula is C22H29FO3S. The highest BCUT2D eigenvalue weighted by molar-refractivity contribution is 8.13. The molecule has 8 unspecified atom stereocenters. The van der Waals surface area contributed by atoms with Crippen molar-refractivity contribution in [2.75, 3.05) is 6.01 Å². The van der Waals surface area contributed by atoms with Crippen LogP contribution < -0.4 is 0 Å². The summed E-state index contributed by atoms with van der Waals surface area (Å²) in [7, 11) is 0. The minimum absolute atomic E-state index is 0.0412. The molecule has 3 nitrogen and oxygen atoms in total. The first-order valence-electron chi connectivity index (χ1n) is 10.1. The van der Waals surface area contributed by atoms with Gasteiger partial charge in [0.15, 0.2) is 10.9 Å². The van der Waals surface area contributed by atoms with Crippen LogP contribution in [0.1, 0.15) is 46.5 Å². The van der Waals surface area contributed by atoms with Gasteiger partial charge in [0, 0.05) is 17.3 Å². The zero-order chi connectivity index (χ0) is 19.6. The topological polar surface area (TPSA) is 54.4 Å². The molecule has 27 heavy (non-hydrogen) atoms. The molecule has 0 aromatic rings. The Kier molecular flexibility index (Phi) is 4.70. The first-order chi connectivity index (χ1) is 12.7. The lowest BCUT2D eigenvalue weighted by Gasteiger charge is -2.58. The van der Waals surface area contributed by atoms with Crippen LogP contribution in [-0.2, 0) is 9.59 Å². The minimum atomic E-state index is -0.678. The van der Waals surface area contributed by atoms with E-state index < -0.39 is 12.1 Å². The Morgan fingerprint density at radius 3 is 2.85 bits per heavy atom. The lowest BCUT2D eigenvalue weighted by Crippen LogP contribution is -2.56. The van der Waals surface area contributed by atoms with Gasteiger partial charge in [0.05, 0.1) is 6.10 Å². The third kappa shape index (κ3) is 2.71. The van der Waals surface area contributed by atoms with Gasteiger partial charge in [-0.05, 0) is 61.0 Å². The number of hydrogen-bond acceptors (Lipinski definition) is 4. The van der Waals surface area contributed by atoms with Gasteiger partial charge in [-0.25, -0.2) is 4.39 Å². The van der Waals surface area contributed by atoms with Crippen molar-refractivity contribution in [1.82, 2.24) is 0 Å². The summed E-state index contributed by atoms with van der Waals surface area (Å²) in [5, 5.41) is 11.2. The number of ketones is 1. The Balaban J connectivity index is 1.71. The monoisotopic (exact) mass is 392 g/mol. The van der Waals surface area contributed by atoms with E-state index in [1.54, 1.807) is 12.2 Å². The van der Waals surface area contributed by atoms with E-state index in [1.807, 2.05) is 6.08 Å². The van der Waals surface area contributed by atoms with Crippen LogP contribution >= 0.6 is 11.8 Å². The van der Waals surface area contributed by atoms with Gasteiger partial charge >= 0.3 is 0 Å². The van der Waals surface area contributed by atoms with E-state index in [9.17, 15) is 19.1 Å². The number of allylic oxidation sites excluding steroid dienone is 4. The number of hydrogen-bond donors (Lipinski definition) is 1. The van der Waals surface area contributed by atoms with Gasteiger partial charge in [-0.1, -0.05) is 44.2 Å². The molecule has 4 rings (SSSR count). The first-order valence-corrected chi connectivity index (χ1v) is 11.1. The molecule has 0 radical (unpaired) electrons. The Labute approximate surface area is 164 Å². The number of carbonyl (C=O) groups excluding carboxylic acids is 2. The van der Waals surface area contributed by atoms with Crippen LogP contribution in [0.25, 0.3) is 0 Å². The quantitative estimate of drug-likeness (QED) is 0.761. The van der Waals surface area contributed by atoms with Crippen molar-refractivity contribution in [2.24, 2.45) is 40.4 Å². The Hall–Kier alpha value is -0.940. The smallest absolute Gasteiger partial charge is 0.195 e. The number of carbonyl (C=O) groups is 2. The van der Waals surface area contributed by atoms with E-state index in [0.29, 0.717) is 18.3 Å². The number of rotatable bonds is 2. The van der Waals surface area contributed by atoms with Crippen LogP contribution in [-0.4, -0.2) is 28.1 Å². The summed E-state index contributed by atoms with van der Waals surface area (Å²) in [4.78, 5) is 24.6. The number of aliphatic hydroxyl groups excluding tert-OH is 1. The van der Waals surface area contributed by atoms with Crippen molar-refractivity contribution in [3.63, 3.8) is 0 Å². The predicted octanol–water partition coefficient (Wildman–Crippen LogP) is 4.31. The van der Waals surface area contributed by atoms with Crippen molar-refractivity contribution in [2.45, 2.75) is 52.6 Å². The first kappa shape index (κ1) is 19.4. The van der Waals surface area contributed by atoms with Gasteiger partial charge in [-0.3, -0.25) is 9.59 Å². The molecule has 0 saturated heterocycles. The average molecular weight is 393 g/mol. The van der Waals surface area contributed by atoms with Crippen LogP contribution in [0.4, 0.5) is 4.39 Å². The van der Waals surface area contributed by atoms with Gasteiger partial charge in [0.25, 0.3) is 0 Å². The Morgan fingerprint density at radius 1 is 1.41 bits per heavy atom. The molecule has 0 amide bonds. The maximum atomic E-state index is 12.8. The molecule has 5 heteroatoms. The molecule has 0 aromatic carbocycles. The SMILES string of the molecule is CC1CC2C3CCC4=CC(=O)C=CC4(C)C3C(O)CC2(C)C1C(=O)SCF. The highest BCUT2D eigenvalue weighted by Crippen LogP contribution is 2.67. The molecule has 0 heterocycles. The third-order valence-electron chi connectivity index (χ3n) is 8.29. The molecule has 4 aliphatic carbocycles. The number of alkyl halides is 1. The van der Waals surface area contributed by atoms with Crippen LogP contribution in [0, 0.1) is 40.4 Å². The number of aliphatic hydroxyl groups is 1.